The average molecular weight is 1520 g/mol. The van der Waals surface area contributed by atoms with Gasteiger partial charge in [0.1, 0.15) is 78.5 Å². The van der Waals surface area contributed by atoms with E-state index in [2.05, 4.69) is 58.2 Å². The van der Waals surface area contributed by atoms with Crippen LogP contribution in [0.4, 0.5) is 0 Å². The number of aliphatic hydroxyl groups excluding tert-OH is 3. The number of hydrogen-bond acceptors (Lipinski definition) is 23. The first-order valence-corrected chi connectivity index (χ1v) is 35.7. The van der Waals surface area contributed by atoms with Gasteiger partial charge < -0.3 is 127 Å². The predicted molar refractivity (Wildman–Crippen MR) is 375 cm³/mol. The number of carboxylic acid groups (broad SMARTS) is 3. The van der Waals surface area contributed by atoms with Gasteiger partial charge in [0.15, 0.2) is 5.96 Å². The Labute approximate surface area is 617 Å². The standard InChI is InChI=1S/C65H109N19O23/c1-6-32(3)49(79-55(97)40(28-48(92)93)77-60(102)50(33(4)7-2)80-56(98)41(31-86)78-61(103)51(34(5)87)81-58(100)43-17-12-26-83(43)62(104)35(67)30-85)59(101)75-37(15-10-24-71-65(69)70)53(95)73-38(19-21-45(68)88)52(94)72-29-46(89)82-25-11-16-42(82)57(99)74-36(14-8-9-23-66)54(96)76-39(20-22-47(90)91)63(105)84-27-13-18-44(84)64(106)107/h32-44,49-51,85-87H,6-31,66-67H2,1-5H3,(H2,68,88)(H,72,94)(H,73,95)(H,74,99)(H,75,101)(H,76,96)(H,77,102)(H,78,103)(H,79,97)(H,80,98)(H,81,100)(H,90,91)(H,92,93)(H,106,107)(H4,69,70,71)/t32-,33-,34+,35-,36-,37-,38-,39-,40-,41-,42-,43-,44-,49-,50-,51-/m0/s1. The number of unbranched alkanes of at least 4 members (excludes halogenated alkanes) is 1. The van der Waals surface area contributed by atoms with E-state index < -0.39 is 249 Å². The number of rotatable bonds is 47. The minimum absolute atomic E-state index is 0.0209. The number of aliphatic carboxylic acids is 3. The lowest BCUT2D eigenvalue weighted by molar-refractivity contribution is -0.150. The number of carbonyl (C=O) groups excluding carboxylic acids is 14. The van der Waals surface area contributed by atoms with Crippen molar-refractivity contribution in [1.82, 2.24) is 67.9 Å². The maximum atomic E-state index is 14.5. The largest absolute Gasteiger partial charge is 0.481 e. The summed E-state index contributed by atoms with van der Waals surface area (Å²) in [7, 11) is 0. The summed E-state index contributed by atoms with van der Waals surface area (Å²) < 4.78 is 0. The molecular formula is C65H109N19O23. The minimum atomic E-state index is -2.00. The van der Waals surface area contributed by atoms with Gasteiger partial charge in [0, 0.05) is 39.0 Å². The van der Waals surface area contributed by atoms with E-state index in [0.717, 1.165) is 21.6 Å². The van der Waals surface area contributed by atoms with Crippen molar-refractivity contribution in [3.63, 3.8) is 0 Å². The topological polar surface area (TPSA) is 684 Å². The lowest BCUT2D eigenvalue weighted by Crippen LogP contribution is -2.63. The second kappa shape index (κ2) is 45.5. The summed E-state index contributed by atoms with van der Waals surface area (Å²) in [4.78, 5) is 236. The highest BCUT2D eigenvalue weighted by Crippen LogP contribution is 2.23. The number of amides is 14. The zero-order valence-corrected chi connectivity index (χ0v) is 60.9. The van der Waals surface area contributed by atoms with Gasteiger partial charge in [-0.15, -0.1) is 0 Å². The van der Waals surface area contributed by atoms with Gasteiger partial charge in [0.05, 0.1) is 32.3 Å². The second-order valence-electron chi connectivity index (χ2n) is 26.8. The fourth-order valence-electron chi connectivity index (χ4n) is 12.2. The predicted octanol–water partition coefficient (Wildman–Crippen LogP) is -8.90. The lowest BCUT2D eigenvalue weighted by atomic mass is 9.96. The molecular weight excluding hydrogens is 1410 g/mol. The van der Waals surface area contributed by atoms with Crippen molar-refractivity contribution in [2.75, 3.05) is 52.5 Å². The van der Waals surface area contributed by atoms with Gasteiger partial charge in [0.25, 0.3) is 0 Å². The molecule has 0 radical (unpaired) electrons. The first-order valence-electron chi connectivity index (χ1n) is 35.7. The van der Waals surface area contributed by atoms with Gasteiger partial charge >= 0.3 is 17.9 Å². The normalized spacial score (nSPS) is 19.1. The maximum Gasteiger partial charge on any atom is 0.326 e. The van der Waals surface area contributed by atoms with Crippen LogP contribution in [0.15, 0.2) is 4.99 Å². The van der Waals surface area contributed by atoms with Gasteiger partial charge in [-0.25, -0.2) is 4.79 Å². The van der Waals surface area contributed by atoms with E-state index in [1.807, 2.05) is 0 Å². The SMILES string of the molecule is CC[C@H](C)[C@H](NC(=O)[C@H](CC(=O)O)NC(=O)[C@@H](NC(=O)[C@H](CO)NC(=O)[C@@H](NC(=O)[C@@H]1CCCN1C(=O)[C@@H](N)CO)[C@@H](C)O)[C@@H](C)CC)C(=O)N[C@@H](CCCN=C(N)N)C(=O)N[C@@H](CCC(N)=O)C(=O)NCC(=O)N1CCC[C@H]1C(=O)N[C@@H](CCCCN)C(=O)N[C@@H](CCC(=O)O)C(=O)N1CCC[C@H]1C(=O)O. The molecule has 42 heteroatoms. The second-order valence-corrected chi connectivity index (χ2v) is 26.8. The molecule has 3 saturated heterocycles. The van der Waals surface area contributed by atoms with E-state index >= 15 is 0 Å². The molecule has 42 nitrogen and oxygen atoms in total. The molecule has 3 heterocycles. The van der Waals surface area contributed by atoms with Crippen LogP contribution in [-0.2, 0) is 81.5 Å². The molecule has 3 rings (SSSR count). The highest BCUT2D eigenvalue weighted by Gasteiger charge is 2.44. The van der Waals surface area contributed by atoms with Crippen LogP contribution >= 0.6 is 0 Å². The van der Waals surface area contributed by atoms with E-state index in [1.165, 1.54) is 13.8 Å². The number of hydrogen-bond donors (Lipinski definition) is 21. The van der Waals surface area contributed by atoms with Crippen molar-refractivity contribution >= 4 is 107 Å². The third kappa shape index (κ3) is 29.0. The molecule has 602 valence electrons. The maximum absolute atomic E-state index is 14.5. The third-order valence-electron chi connectivity index (χ3n) is 18.7. The number of nitrogens with two attached hydrogens (primary N) is 5. The van der Waals surface area contributed by atoms with Crippen LogP contribution in [-0.4, -0.2) is 289 Å². The Hall–Kier alpha value is -9.94. The fourth-order valence-corrected chi connectivity index (χ4v) is 12.2. The van der Waals surface area contributed by atoms with Gasteiger partial charge in [0.2, 0.25) is 82.7 Å². The molecule has 3 aliphatic heterocycles. The van der Waals surface area contributed by atoms with Crippen LogP contribution in [0.25, 0.3) is 0 Å². The molecule has 0 saturated carbocycles. The number of guanidine groups is 1. The smallest absolute Gasteiger partial charge is 0.326 e. The van der Waals surface area contributed by atoms with E-state index in [9.17, 15) is 112 Å². The molecule has 0 aromatic carbocycles. The number of primary amides is 1. The molecule has 0 aromatic heterocycles. The Kier molecular flexibility index (Phi) is 38.8. The van der Waals surface area contributed by atoms with Gasteiger partial charge in [-0.05, 0) is 109 Å². The van der Waals surface area contributed by atoms with Gasteiger partial charge in [-0.1, -0.05) is 40.5 Å². The first-order chi connectivity index (χ1) is 50.5. The average Bonchev–Trinajstić information content (AvgIpc) is 1.81. The Bertz CT molecular complexity index is 3180. The molecule has 107 heavy (non-hydrogen) atoms. The van der Waals surface area contributed by atoms with Gasteiger partial charge in [-0.3, -0.25) is 81.7 Å². The summed E-state index contributed by atoms with van der Waals surface area (Å²) >= 11 is 0. The van der Waals surface area contributed by atoms with Crippen LogP contribution in [0, 0.1) is 11.8 Å². The number of aliphatic imine (C=N–C) groups is 1. The Morgan fingerprint density at radius 3 is 1.43 bits per heavy atom. The van der Waals surface area contributed by atoms with Crippen molar-refractivity contribution < 1.29 is 112 Å². The number of nitrogens with one attached hydrogen (secondary N) is 10. The Balaban J connectivity index is 1.85. The van der Waals surface area contributed by atoms with Crippen molar-refractivity contribution in [2.24, 2.45) is 45.5 Å². The molecule has 0 aliphatic carbocycles. The molecule has 16 atom stereocenters. The highest BCUT2D eigenvalue weighted by atomic mass is 16.4. The molecule has 26 N–H and O–H groups in total. The molecule has 0 spiro atoms. The number of likely N-dealkylation sites (tertiary alicyclic amines) is 3. The number of carboxylic acids is 3. The Morgan fingerprint density at radius 1 is 0.477 bits per heavy atom. The molecule has 0 bridgehead atoms. The zero-order valence-electron chi connectivity index (χ0n) is 60.9. The van der Waals surface area contributed by atoms with Crippen LogP contribution in [0.1, 0.15) is 150 Å². The summed E-state index contributed by atoms with van der Waals surface area (Å²) in [6, 6.07) is -20.0. The number of aliphatic hydroxyl groups is 3. The van der Waals surface area contributed by atoms with Crippen molar-refractivity contribution in [3.05, 3.63) is 0 Å². The van der Waals surface area contributed by atoms with Crippen LogP contribution < -0.4 is 81.8 Å². The molecule has 3 fully saturated rings. The summed E-state index contributed by atoms with van der Waals surface area (Å²) in [5.41, 5.74) is 27.9. The third-order valence-corrected chi connectivity index (χ3v) is 18.7. The number of carbonyl (C=O) groups is 17. The van der Waals surface area contributed by atoms with Crippen LogP contribution in [0.2, 0.25) is 0 Å². The minimum Gasteiger partial charge on any atom is -0.481 e. The molecule has 0 aromatic rings. The quantitative estimate of drug-likeness (QED) is 0.0153. The summed E-state index contributed by atoms with van der Waals surface area (Å²) in [6.07, 6.45) is -2.90. The summed E-state index contributed by atoms with van der Waals surface area (Å²) in [5.74, 6) is -20.2. The molecule has 3 aliphatic rings. The van der Waals surface area contributed by atoms with E-state index in [0.29, 0.717) is 19.3 Å². The molecule has 0 unspecified atom stereocenters. The highest BCUT2D eigenvalue weighted by molar-refractivity contribution is 6.01. The van der Waals surface area contributed by atoms with Crippen LogP contribution in [0.5, 0.6) is 0 Å². The monoisotopic (exact) mass is 1520 g/mol. The zero-order chi connectivity index (χ0) is 80.5. The Morgan fingerprint density at radius 2 is 0.925 bits per heavy atom. The number of nitrogens with zero attached hydrogens (tertiary/aromatic N) is 4. The van der Waals surface area contributed by atoms with Crippen LogP contribution in [0.3, 0.4) is 0 Å². The molecule has 14 amide bonds. The fraction of sp³-hybridized carbons (Fsp3) is 0.723. The van der Waals surface area contributed by atoms with E-state index in [1.54, 1.807) is 13.8 Å². The van der Waals surface area contributed by atoms with Gasteiger partial charge in [-0.2, -0.15) is 0 Å². The van der Waals surface area contributed by atoms with E-state index in [-0.39, 0.29) is 103 Å². The van der Waals surface area contributed by atoms with Crippen molar-refractivity contribution in [3.8, 4) is 0 Å². The summed E-state index contributed by atoms with van der Waals surface area (Å²) in [6.45, 7) is 4.86. The first kappa shape index (κ1) is 91.3. The van der Waals surface area contributed by atoms with E-state index in [4.69, 9.17) is 28.7 Å². The van der Waals surface area contributed by atoms with Crippen molar-refractivity contribution in [2.45, 2.75) is 235 Å². The summed E-state index contributed by atoms with van der Waals surface area (Å²) in [5, 5.41) is 83.6. The van der Waals surface area contributed by atoms with Crippen molar-refractivity contribution in [1.29, 1.82) is 0 Å². The lowest BCUT2D eigenvalue weighted by Gasteiger charge is -2.30.